The van der Waals surface area contributed by atoms with Crippen molar-refractivity contribution in [3.05, 3.63) is 51.3 Å². The Kier molecular flexibility index (Phi) is 3.77. The van der Waals surface area contributed by atoms with Crippen LogP contribution in [-0.4, -0.2) is 4.98 Å². The Hall–Kier alpha value is -1.27. The molecule has 0 atom stereocenters. The van der Waals surface area contributed by atoms with E-state index in [0.29, 0.717) is 21.2 Å². The maximum Gasteiger partial charge on any atom is 0.251 e. The van der Waals surface area contributed by atoms with Gasteiger partial charge in [-0.3, -0.25) is 0 Å². The van der Waals surface area contributed by atoms with Crippen molar-refractivity contribution < 1.29 is 13.2 Å². The number of nitrogens with one attached hydrogen (secondary N) is 1. The van der Waals surface area contributed by atoms with Gasteiger partial charge in [0.25, 0.3) is 5.95 Å². The minimum Gasteiger partial charge on any atom is -0.337 e. The van der Waals surface area contributed by atoms with Gasteiger partial charge >= 0.3 is 0 Å². The summed E-state index contributed by atoms with van der Waals surface area (Å²) < 4.78 is 39.5. The van der Waals surface area contributed by atoms with Gasteiger partial charge in [0.05, 0.1) is 15.2 Å². The van der Waals surface area contributed by atoms with Crippen molar-refractivity contribution in [3.8, 4) is 0 Å². The number of rotatable bonds is 2. The van der Waals surface area contributed by atoms with Crippen molar-refractivity contribution in [2.24, 2.45) is 0 Å². The smallest absolute Gasteiger partial charge is 0.251 e. The first kappa shape index (κ1) is 13.2. The van der Waals surface area contributed by atoms with Crippen LogP contribution < -0.4 is 5.32 Å². The molecule has 0 unspecified atom stereocenters. The molecule has 0 amide bonds. The van der Waals surface area contributed by atoms with Crippen LogP contribution >= 0.6 is 27.5 Å². The summed E-state index contributed by atoms with van der Waals surface area (Å²) in [5, 5.41) is 2.92. The summed E-state index contributed by atoms with van der Waals surface area (Å²) in [4.78, 5) is 3.15. The number of aromatic nitrogens is 1. The van der Waals surface area contributed by atoms with Crippen LogP contribution in [0.25, 0.3) is 0 Å². The van der Waals surface area contributed by atoms with Crippen LogP contribution in [0, 0.1) is 17.6 Å². The predicted molar refractivity (Wildman–Crippen MR) is 66.5 cm³/mol. The number of benzene rings is 1. The molecule has 1 N–H and O–H groups in total. The fourth-order valence-corrected chi connectivity index (χ4v) is 1.80. The fourth-order valence-electron chi connectivity index (χ4n) is 1.26. The maximum absolute atomic E-state index is 13.4. The first-order valence-electron chi connectivity index (χ1n) is 4.71. The molecule has 0 spiro atoms. The van der Waals surface area contributed by atoms with Gasteiger partial charge in [0.2, 0.25) is 0 Å². The van der Waals surface area contributed by atoms with Crippen molar-refractivity contribution in [1.82, 2.24) is 4.98 Å². The van der Waals surface area contributed by atoms with Gasteiger partial charge in [-0.15, -0.1) is 0 Å². The molecule has 1 aromatic heterocycles. The van der Waals surface area contributed by atoms with Crippen molar-refractivity contribution >= 4 is 39.0 Å². The highest BCUT2D eigenvalue weighted by Gasteiger charge is 2.13. The number of hydrogen-bond donors (Lipinski definition) is 1. The molecule has 0 aliphatic heterocycles. The second kappa shape index (κ2) is 5.16. The maximum atomic E-state index is 13.4. The van der Waals surface area contributed by atoms with Gasteiger partial charge in [-0.05, 0) is 28.1 Å². The number of halogens is 5. The van der Waals surface area contributed by atoms with Crippen LogP contribution in [-0.2, 0) is 0 Å². The molecule has 2 aromatic rings. The third-order valence-corrected chi connectivity index (χ3v) is 3.49. The normalized spacial score (nSPS) is 10.5. The number of nitrogens with zero attached hydrogens (tertiary/aromatic N) is 1. The van der Waals surface area contributed by atoms with Gasteiger partial charge in [0.15, 0.2) is 17.5 Å². The Morgan fingerprint density at radius 2 is 1.89 bits per heavy atom. The Labute approximate surface area is 114 Å². The van der Waals surface area contributed by atoms with E-state index in [0.717, 1.165) is 0 Å². The van der Waals surface area contributed by atoms with Crippen molar-refractivity contribution in [2.45, 2.75) is 0 Å². The largest absolute Gasteiger partial charge is 0.337 e. The molecule has 0 radical (unpaired) electrons. The van der Waals surface area contributed by atoms with E-state index in [1.54, 1.807) is 18.2 Å². The molecule has 0 fully saturated rings. The molecular formula is C11H5BrClF3N2. The van der Waals surface area contributed by atoms with Crippen LogP contribution in [0.5, 0.6) is 0 Å². The van der Waals surface area contributed by atoms with E-state index in [-0.39, 0.29) is 0 Å². The monoisotopic (exact) mass is 336 g/mol. The van der Waals surface area contributed by atoms with Crippen molar-refractivity contribution in [1.29, 1.82) is 0 Å². The zero-order valence-electron chi connectivity index (χ0n) is 8.65. The Balaban J connectivity index is 2.40. The Bertz CT molecular complexity index is 607. The lowest BCUT2D eigenvalue weighted by molar-refractivity contribution is 0.467. The van der Waals surface area contributed by atoms with E-state index in [1.807, 2.05) is 0 Å². The van der Waals surface area contributed by atoms with Gasteiger partial charge in [0.1, 0.15) is 0 Å². The topological polar surface area (TPSA) is 24.9 Å². The van der Waals surface area contributed by atoms with Crippen LogP contribution in [0.15, 0.2) is 28.7 Å². The average molecular weight is 338 g/mol. The van der Waals surface area contributed by atoms with Gasteiger partial charge in [0, 0.05) is 6.07 Å². The van der Waals surface area contributed by atoms with Gasteiger partial charge in [-0.1, -0.05) is 17.7 Å². The quantitative estimate of drug-likeness (QED) is 0.806. The van der Waals surface area contributed by atoms with Gasteiger partial charge in [-0.25, -0.2) is 8.78 Å². The van der Waals surface area contributed by atoms with Crippen LogP contribution in [0.1, 0.15) is 0 Å². The third-order valence-electron chi connectivity index (χ3n) is 2.09. The molecule has 0 aliphatic carbocycles. The summed E-state index contributed by atoms with van der Waals surface area (Å²) in [5.41, 5.74) is 0.389. The highest BCUT2D eigenvalue weighted by atomic mass is 79.9. The molecule has 1 aromatic carbocycles. The highest BCUT2D eigenvalue weighted by Crippen LogP contribution is 2.32. The lowest BCUT2D eigenvalue weighted by Crippen LogP contribution is -2.02. The minimum atomic E-state index is -1.38. The second-order valence-corrected chi connectivity index (χ2v) is 4.52. The van der Waals surface area contributed by atoms with E-state index in [9.17, 15) is 13.2 Å². The second-order valence-electron chi connectivity index (χ2n) is 3.32. The first-order chi connectivity index (χ1) is 8.49. The van der Waals surface area contributed by atoms with E-state index in [4.69, 9.17) is 11.6 Å². The molecule has 0 aliphatic rings. The van der Waals surface area contributed by atoms with Gasteiger partial charge in [-0.2, -0.15) is 9.37 Å². The lowest BCUT2D eigenvalue weighted by Gasteiger charge is -2.09. The molecule has 1 heterocycles. The molecule has 94 valence electrons. The average Bonchev–Trinajstić information content (AvgIpc) is 2.32. The summed E-state index contributed by atoms with van der Waals surface area (Å²) in [6, 6.07) is 5.24. The Morgan fingerprint density at radius 3 is 2.61 bits per heavy atom. The number of anilines is 2. The summed E-state index contributed by atoms with van der Waals surface area (Å²) >= 11 is 9.02. The summed E-state index contributed by atoms with van der Waals surface area (Å²) in [5.74, 6) is -4.14. The third kappa shape index (κ3) is 2.59. The summed E-state index contributed by atoms with van der Waals surface area (Å²) in [7, 11) is 0. The van der Waals surface area contributed by atoms with Crippen LogP contribution in [0.3, 0.4) is 0 Å². The SMILES string of the molecule is Fc1cc(F)c(Nc2cccc(Cl)c2Br)nc1F. The molecule has 2 nitrogen and oxygen atoms in total. The number of pyridine rings is 1. The van der Waals surface area contributed by atoms with Crippen molar-refractivity contribution in [2.75, 3.05) is 5.32 Å². The molecular weight excluding hydrogens is 332 g/mol. The highest BCUT2D eigenvalue weighted by molar-refractivity contribution is 9.10. The zero-order chi connectivity index (χ0) is 13.3. The van der Waals surface area contributed by atoms with E-state index < -0.39 is 23.4 Å². The summed E-state index contributed by atoms with van der Waals surface area (Å²) in [6.07, 6.45) is 0. The minimum absolute atomic E-state index is 0.389. The Morgan fingerprint density at radius 1 is 1.17 bits per heavy atom. The molecule has 0 saturated heterocycles. The van der Waals surface area contributed by atoms with Crippen LogP contribution in [0.4, 0.5) is 24.7 Å². The fraction of sp³-hybridized carbons (Fsp3) is 0. The molecule has 0 bridgehead atoms. The molecule has 0 saturated carbocycles. The van der Waals surface area contributed by atoms with E-state index in [1.165, 1.54) is 0 Å². The van der Waals surface area contributed by atoms with Gasteiger partial charge < -0.3 is 5.32 Å². The first-order valence-corrected chi connectivity index (χ1v) is 5.88. The zero-order valence-corrected chi connectivity index (χ0v) is 11.0. The molecule has 18 heavy (non-hydrogen) atoms. The standard InChI is InChI=1S/C11H5BrClF3N2/c12-9-5(13)2-1-3-8(9)17-11-7(15)4-6(14)10(16)18-11/h1-4H,(H,17,18). The lowest BCUT2D eigenvalue weighted by atomic mass is 10.3. The molecule has 2 rings (SSSR count). The van der Waals surface area contributed by atoms with E-state index in [2.05, 4.69) is 26.2 Å². The van der Waals surface area contributed by atoms with Crippen molar-refractivity contribution in [3.63, 3.8) is 0 Å². The predicted octanol–water partition coefficient (Wildman–Crippen LogP) is 4.66. The summed E-state index contributed by atoms with van der Waals surface area (Å²) in [6.45, 7) is 0. The van der Waals surface area contributed by atoms with Crippen LogP contribution in [0.2, 0.25) is 5.02 Å². The van der Waals surface area contributed by atoms with E-state index >= 15 is 0 Å². The molecule has 7 heteroatoms. The number of hydrogen-bond acceptors (Lipinski definition) is 2.